The van der Waals surface area contributed by atoms with Crippen molar-refractivity contribution in [3.05, 3.63) is 58.7 Å². The lowest BCUT2D eigenvalue weighted by molar-refractivity contribution is -0.140. The molecule has 0 spiro atoms. The molecule has 0 aromatic heterocycles. The molecule has 0 saturated carbocycles. The van der Waals surface area contributed by atoms with E-state index in [-0.39, 0.29) is 11.3 Å². The molecule has 1 saturated heterocycles. The molecule has 1 fully saturated rings. The van der Waals surface area contributed by atoms with Crippen LogP contribution in [0.5, 0.6) is 17.2 Å². The number of aryl methyl sites for hydroxylation is 1. The number of nitrogens with zero attached hydrogens (tertiary/aromatic N) is 2. The summed E-state index contributed by atoms with van der Waals surface area (Å²) < 4.78 is 17.1. The number of Topliss-reactive ketones (excluding diaryl/α,β-unsaturated/α-hetero) is 1. The van der Waals surface area contributed by atoms with Crippen LogP contribution < -0.4 is 14.2 Å². The minimum absolute atomic E-state index is 0.0634. The van der Waals surface area contributed by atoms with Gasteiger partial charge in [-0.3, -0.25) is 9.59 Å². The third kappa shape index (κ3) is 6.74. The predicted molar refractivity (Wildman–Crippen MR) is 153 cm³/mol. The number of ether oxygens (including phenoxy) is 3. The highest BCUT2D eigenvalue weighted by molar-refractivity contribution is 6.46. The molecule has 8 nitrogen and oxygen atoms in total. The van der Waals surface area contributed by atoms with Gasteiger partial charge in [0.05, 0.1) is 31.9 Å². The zero-order valence-electron chi connectivity index (χ0n) is 24.1. The van der Waals surface area contributed by atoms with Crippen LogP contribution in [0, 0.1) is 6.92 Å². The van der Waals surface area contributed by atoms with Crippen molar-refractivity contribution in [3.8, 4) is 17.2 Å². The quantitative estimate of drug-likeness (QED) is 0.150. The Hall–Kier alpha value is -3.52. The highest BCUT2D eigenvalue weighted by atomic mass is 16.5. The van der Waals surface area contributed by atoms with Gasteiger partial charge in [0.15, 0.2) is 11.5 Å². The smallest absolute Gasteiger partial charge is 0.295 e. The number of methoxy groups -OCH3 is 1. The highest BCUT2D eigenvalue weighted by Gasteiger charge is 2.46. The summed E-state index contributed by atoms with van der Waals surface area (Å²) in [6.45, 7) is 13.6. The molecule has 2 aromatic rings. The van der Waals surface area contributed by atoms with Crippen LogP contribution in [-0.2, 0) is 9.59 Å². The molecule has 1 atom stereocenters. The Morgan fingerprint density at radius 1 is 1.00 bits per heavy atom. The first kappa shape index (κ1) is 30.0. The molecule has 39 heavy (non-hydrogen) atoms. The van der Waals surface area contributed by atoms with E-state index in [4.69, 9.17) is 14.2 Å². The molecule has 1 heterocycles. The van der Waals surface area contributed by atoms with E-state index in [0.29, 0.717) is 54.7 Å². The predicted octanol–water partition coefficient (Wildman–Crippen LogP) is 5.34. The standard InChI is InChI=1S/C31H42N2O6/c1-7-11-18-39-25-15-12-22(20-26(25)37-6)28-27(29(34)24-14-13-23(38-10-4)19-21(24)5)30(35)31(36)33(28)17-16-32(8-2)9-3/h12-15,19-20,28,34H,7-11,16-18H2,1-6H3/b29-27+. The van der Waals surface area contributed by atoms with Crippen LogP contribution in [-0.4, -0.2) is 73.1 Å². The van der Waals surface area contributed by atoms with Crippen molar-refractivity contribution in [2.75, 3.05) is 46.5 Å². The fourth-order valence-electron chi connectivity index (χ4n) is 4.85. The molecule has 0 bridgehead atoms. The molecule has 1 N–H and O–H groups in total. The van der Waals surface area contributed by atoms with E-state index in [2.05, 4.69) is 25.7 Å². The number of likely N-dealkylation sites (tertiary alicyclic amines) is 1. The largest absolute Gasteiger partial charge is 0.507 e. The van der Waals surface area contributed by atoms with E-state index >= 15 is 0 Å². The van der Waals surface area contributed by atoms with Crippen LogP contribution in [0.4, 0.5) is 0 Å². The molecule has 1 aliphatic rings. The van der Waals surface area contributed by atoms with Crippen LogP contribution in [0.15, 0.2) is 42.0 Å². The van der Waals surface area contributed by atoms with Crippen LogP contribution in [0.3, 0.4) is 0 Å². The van der Waals surface area contributed by atoms with Gasteiger partial charge in [-0.05, 0) is 74.8 Å². The second-order valence-corrected chi connectivity index (χ2v) is 9.54. The number of rotatable bonds is 14. The van der Waals surface area contributed by atoms with Gasteiger partial charge >= 0.3 is 0 Å². The van der Waals surface area contributed by atoms with Crippen molar-refractivity contribution < 1.29 is 28.9 Å². The average Bonchev–Trinajstić information content (AvgIpc) is 3.19. The maximum Gasteiger partial charge on any atom is 0.295 e. The maximum absolute atomic E-state index is 13.5. The van der Waals surface area contributed by atoms with Crippen molar-refractivity contribution in [1.82, 2.24) is 9.80 Å². The number of carbonyl (C=O) groups excluding carboxylic acids is 2. The number of likely N-dealkylation sites (N-methyl/N-ethyl adjacent to an activating group) is 1. The van der Waals surface area contributed by atoms with Gasteiger partial charge in [-0.25, -0.2) is 0 Å². The number of ketones is 1. The second-order valence-electron chi connectivity index (χ2n) is 9.54. The summed E-state index contributed by atoms with van der Waals surface area (Å²) in [5.74, 6) is 0.247. The number of hydrogen-bond acceptors (Lipinski definition) is 7. The Kier molecular flexibility index (Phi) is 10.8. The molecule has 8 heteroatoms. The van der Waals surface area contributed by atoms with E-state index in [1.54, 1.807) is 36.3 Å². The van der Waals surface area contributed by atoms with Gasteiger partial charge in [-0.2, -0.15) is 0 Å². The Bertz CT molecular complexity index is 1190. The summed E-state index contributed by atoms with van der Waals surface area (Å²) in [6, 6.07) is 9.95. The lowest BCUT2D eigenvalue weighted by atomic mass is 9.93. The summed E-state index contributed by atoms with van der Waals surface area (Å²) in [6.07, 6.45) is 1.92. The van der Waals surface area contributed by atoms with Crippen molar-refractivity contribution in [1.29, 1.82) is 0 Å². The first-order chi connectivity index (χ1) is 18.8. The second kappa shape index (κ2) is 14.0. The molecule has 212 valence electrons. The molecule has 1 aliphatic heterocycles. The van der Waals surface area contributed by atoms with E-state index in [0.717, 1.165) is 31.5 Å². The Morgan fingerprint density at radius 3 is 2.36 bits per heavy atom. The number of carbonyl (C=O) groups is 2. The third-order valence-electron chi connectivity index (χ3n) is 7.11. The fourth-order valence-corrected chi connectivity index (χ4v) is 4.85. The topological polar surface area (TPSA) is 88.5 Å². The summed E-state index contributed by atoms with van der Waals surface area (Å²) in [5, 5.41) is 11.5. The Morgan fingerprint density at radius 2 is 1.74 bits per heavy atom. The van der Waals surface area contributed by atoms with E-state index in [1.807, 2.05) is 26.0 Å². The summed E-state index contributed by atoms with van der Waals surface area (Å²) in [5.41, 5.74) is 1.95. The van der Waals surface area contributed by atoms with E-state index in [1.165, 1.54) is 0 Å². The lowest BCUT2D eigenvalue weighted by Gasteiger charge is -2.28. The summed E-state index contributed by atoms with van der Waals surface area (Å²) in [7, 11) is 1.56. The maximum atomic E-state index is 13.5. The Labute approximate surface area is 232 Å². The van der Waals surface area contributed by atoms with E-state index in [9.17, 15) is 14.7 Å². The number of amides is 1. The average molecular weight is 539 g/mol. The lowest BCUT2D eigenvalue weighted by Crippen LogP contribution is -2.38. The van der Waals surface area contributed by atoms with Crippen LogP contribution in [0.25, 0.3) is 5.76 Å². The fraction of sp³-hybridized carbons (Fsp3) is 0.484. The molecule has 0 aliphatic carbocycles. The molecular formula is C31H42N2O6. The number of aliphatic hydroxyl groups excluding tert-OH is 1. The van der Waals surface area contributed by atoms with Gasteiger partial charge in [0.2, 0.25) is 0 Å². The van der Waals surface area contributed by atoms with Crippen molar-refractivity contribution in [3.63, 3.8) is 0 Å². The first-order valence-electron chi connectivity index (χ1n) is 13.9. The SMILES string of the molecule is CCCCOc1ccc(C2/C(=C(\O)c3ccc(OCC)cc3C)C(=O)C(=O)N2CCN(CC)CC)cc1OC. The van der Waals surface area contributed by atoms with Crippen molar-refractivity contribution in [2.45, 2.75) is 53.5 Å². The normalized spacial score (nSPS) is 16.7. The third-order valence-corrected chi connectivity index (χ3v) is 7.11. The molecule has 1 amide bonds. The van der Waals surface area contributed by atoms with Crippen molar-refractivity contribution in [2.24, 2.45) is 0 Å². The summed E-state index contributed by atoms with van der Waals surface area (Å²) >= 11 is 0. The van der Waals surface area contributed by atoms with Gasteiger partial charge in [-0.1, -0.05) is 33.3 Å². The number of hydrogen-bond donors (Lipinski definition) is 1. The first-order valence-corrected chi connectivity index (χ1v) is 13.9. The molecule has 3 rings (SSSR count). The number of unbranched alkanes of at least 4 members (excludes halogenated alkanes) is 1. The Balaban J connectivity index is 2.13. The molecule has 0 radical (unpaired) electrons. The molecular weight excluding hydrogens is 496 g/mol. The number of aliphatic hydroxyl groups is 1. The minimum atomic E-state index is -0.773. The number of benzene rings is 2. The van der Waals surface area contributed by atoms with Crippen LogP contribution in [0.2, 0.25) is 0 Å². The van der Waals surface area contributed by atoms with Gasteiger partial charge < -0.3 is 29.1 Å². The van der Waals surface area contributed by atoms with E-state index < -0.39 is 17.7 Å². The van der Waals surface area contributed by atoms with Crippen LogP contribution >= 0.6 is 0 Å². The van der Waals surface area contributed by atoms with Gasteiger partial charge in [0, 0.05) is 18.7 Å². The zero-order valence-corrected chi connectivity index (χ0v) is 24.1. The molecule has 2 aromatic carbocycles. The van der Waals surface area contributed by atoms with Gasteiger partial charge in [-0.15, -0.1) is 0 Å². The van der Waals surface area contributed by atoms with Gasteiger partial charge in [0.1, 0.15) is 11.5 Å². The van der Waals surface area contributed by atoms with Crippen molar-refractivity contribution >= 4 is 17.4 Å². The van der Waals surface area contributed by atoms with Crippen LogP contribution in [0.1, 0.15) is 63.3 Å². The monoisotopic (exact) mass is 538 g/mol. The minimum Gasteiger partial charge on any atom is -0.507 e. The van der Waals surface area contributed by atoms with Gasteiger partial charge in [0.25, 0.3) is 11.7 Å². The highest BCUT2D eigenvalue weighted by Crippen LogP contribution is 2.42. The zero-order chi connectivity index (χ0) is 28.5. The summed E-state index contributed by atoms with van der Waals surface area (Å²) in [4.78, 5) is 30.6. The molecule has 1 unspecified atom stereocenters.